The molecule has 2 fully saturated rings. The number of alkyl halides is 1. The number of carbonyl (C=O) groups excluding carboxylic acids is 2. The maximum atomic E-state index is 14.2. The summed E-state index contributed by atoms with van der Waals surface area (Å²) in [5, 5.41) is -2.84. The molecule has 0 aromatic heterocycles. The number of carbonyl (C=O) groups is 2. The van der Waals surface area contributed by atoms with E-state index in [0.29, 0.717) is 16.7 Å². The van der Waals surface area contributed by atoms with Gasteiger partial charge in [0.2, 0.25) is 5.91 Å². The fourth-order valence-electron chi connectivity index (χ4n) is 4.98. The molecule has 13 heteroatoms. The molecule has 2 aliphatic heterocycles. The molecule has 0 saturated carbocycles. The van der Waals surface area contributed by atoms with Crippen molar-refractivity contribution in [3.05, 3.63) is 108 Å². The largest absolute Gasteiger partial charge is 0.476 e. The van der Waals surface area contributed by atoms with Gasteiger partial charge in [0.15, 0.2) is 21.3 Å². The number of phosphoric ester groups is 1. The molecule has 0 bridgehead atoms. The first-order valence-corrected chi connectivity index (χ1v) is 16.7. The van der Waals surface area contributed by atoms with E-state index in [4.69, 9.17) is 29.9 Å². The molecule has 222 valence electrons. The predicted octanol–water partition coefficient (Wildman–Crippen LogP) is 4.62. The van der Waals surface area contributed by atoms with E-state index in [1.165, 1.54) is 6.92 Å². The molecule has 3 aromatic carbocycles. The van der Waals surface area contributed by atoms with Gasteiger partial charge >= 0.3 is 13.8 Å². The number of halogens is 1. The topological polar surface area (TPSA) is 126 Å². The highest BCUT2D eigenvalue weighted by Crippen LogP contribution is 2.57. The summed E-state index contributed by atoms with van der Waals surface area (Å²) in [6, 6.07) is 24.8. The molecule has 5 rings (SSSR count). The maximum Gasteiger partial charge on any atom is 0.476 e. The van der Waals surface area contributed by atoms with Crippen molar-refractivity contribution in [1.29, 1.82) is 0 Å². The number of sulfone groups is 1. The monoisotopic (exact) mass is 633 g/mol. The standard InChI is InChI=1S/C29H29ClNO9PS/c1-29(40-41(34,38-18-22-13-7-3-8-14-22)39-19-23-15-9-4-10-16-23)20-42(35,36)27-24(30)26(32)31(27)25(29)28(33)37-17-21-11-5-2-6-12-21/h2-16,24-25,27H,17-20H2,1H3/t24-,25-,27+,29+/m0/s1. The van der Waals surface area contributed by atoms with Crippen molar-refractivity contribution in [3.63, 3.8) is 0 Å². The molecule has 0 unspecified atom stereocenters. The van der Waals surface area contributed by atoms with E-state index < -0.39 is 57.7 Å². The normalized spacial score (nSPS) is 24.9. The van der Waals surface area contributed by atoms with Crippen molar-refractivity contribution < 1.29 is 40.9 Å². The van der Waals surface area contributed by atoms with E-state index in [9.17, 15) is 22.6 Å². The highest BCUT2D eigenvalue weighted by molar-refractivity contribution is 7.92. The number of nitrogens with zero attached hydrogens (tertiary/aromatic N) is 1. The molecule has 2 heterocycles. The summed E-state index contributed by atoms with van der Waals surface area (Å²) >= 11 is 6.09. The Morgan fingerprint density at radius 2 is 1.33 bits per heavy atom. The van der Waals surface area contributed by atoms with Gasteiger partial charge in [-0.25, -0.2) is 17.8 Å². The zero-order chi connectivity index (χ0) is 30.0. The number of rotatable bonds is 11. The van der Waals surface area contributed by atoms with Gasteiger partial charge in [0.1, 0.15) is 17.6 Å². The summed E-state index contributed by atoms with van der Waals surface area (Å²) in [4.78, 5) is 27.3. The van der Waals surface area contributed by atoms with Gasteiger partial charge in [-0.05, 0) is 23.6 Å². The minimum atomic E-state index is -4.59. The molecule has 0 N–H and O–H groups in total. The Labute approximate surface area is 249 Å². The third-order valence-electron chi connectivity index (χ3n) is 6.96. The fraction of sp³-hybridized carbons (Fsp3) is 0.310. The lowest BCUT2D eigenvalue weighted by molar-refractivity contribution is -0.175. The summed E-state index contributed by atoms with van der Waals surface area (Å²) < 4.78 is 63.7. The first-order valence-electron chi connectivity index (χ1n) is 13.1. The number of fused-ring (bicyclic) bond motifs is 1. The molecular formula is C29H29ClNO9PS. The average molecular weight is 634 g/mol. The number of hydrogen-bond donors (Lipinski definition) is 0. The van der Waals surface area contributed by atoms with Gasteiger partial charge in [-0.2, -0.15) is 0 Å². The molecule has 0 aliphatic carbocycles. The lowest BCUT2D eigenvalue weighted by atomic mass is 9.93. The highest BCUT2D eigenvalue weighted by atomic mass is 35.5. The van der Waals surface area contributed by atoms with E-state index in [1.807, 2.05) is 0 Å². The van der Waals surface area contributed by atoms with E-state index in [-0.39, 0.29) is 19.8 Å². The number of ether oxygens (including phenoxy) is 1. The fourth-order valence-corrected chi connectivity index (χ4v) is 9.48. The van der Waals surface area contributed by atoms with Crippen LogP contribution in [0.3, 0.4) is 0 Å². The minimum absolute atomic E-state index is 0.150. The van der Waals surface area contributed by atoms with Crippen molar-refractivity contribution in [3.8, 4) is 0 Å². The van der Waals surface area contributed by atoms with Crippen LogP contribution in [-0.4, -0.2) is 53.3 Å². The number of hydrogen-bond acceptors (Lipinski definition) is 9. The molecule has 0 radical (unpaired) electrons. The number of amides is 1. The van der Waals surface area contributed by atoms with Gasteiger partial charge in [0, 0.05) is 0 Å². The van der Waals surface area contributed by atoms with E-state index in [0.717, 1.165) is 4.90 Å². The predicted molar refractivity (Wildman–Crippen MR) is 154 cm³/mol. The Bertz CT molecular complexity index is 1530. The molecule has 3 aromatic rings. The SMILES string of the molecule is C[C@@]1(OP(=O)(OCc2ccccc2)OCc2ccccc2)CS(=O)(=O)[C@@H]2[C@@H](Cl)C(=O)N2[C@H]1C(=O)OCc1ccccc1. The Morgan fingerprint density at radius 1 is 0.881 bits per heavy atom. The van der Waals surface area contributed by atoms with Crippen LogP contribution in [0.25, 0.3) is 0 Å². The molecule has 0 spiro atoms. The molecule has 4 atom stereocenters. The van der Waals surface area contributed by atoms with Crippen LogP contribution < -0.4 is 0 Å². The van der Waals surface area contributed by atoms with Crippen LogP contribution in [0.2, 0.25) is 0 Å². The first kappa shape index (κ1) is 30.4. The first-order chi connectivity index (χ1) is 20.0. The van der Waals surface area contributed by atoms with Gasteiger partial charge in [-0.1, -0.05) is 91.0 Å². The Hall–Kier alpha value is -3.05. The maximum absolute atomic E-state index is 14.2. The Kier molecular flexibility index (Phi) is 8.89. The van der Waals surface area contributed by atoms with Gasteiger partial charge in [-0.15, -0.1) is 11.6 Å². The molecule has 42 heavy (non-hydrogen) atoms. The van der Waals surface area contributed by atoms with Crippen molar-refractivity contribution in [2.24, 2.45) is 0 Å². The van der Waals surface area contributed by atoms with Crippen LogP contribution in [-0.2, 0) is 62.1 Å². The molecule has 1 amide bonds. The third-order valence-corrected chi connectivity index (χ3v) is 11.3. The quantitative estimate of drug-likeness (QED) is 0.129. The highest BCUT2D eigenvalue weighted by Gasteiger charge is 2.68. The summed E-state index contributed by atoms with van der Waals surface area (Å²) in [5.74, 6) is -2.53. The third kappa shape index (κ3) is 6.46. The zero-order valence-corrected chi connectivity index (χ0v) is 25.0. The van der Waals surface area contributed by atoms with Crippen LogP contribution in [0.15, 0.2) is 91.0 Å². The Morgan fingerprint density at radius 3 is 1.81 bits per heavy atom. The van der Waals surface area contributed by atoms with E-state index >= 15 is 0 Å². The van der Waals surface area contributed by atoms with Gasteiger partial charge in [0.05, 0.1) is 19.0 Å². The van der Waals surface area contributed by atoms with Crippen molar-refractivity contribution in [2.75, 3.05) is 5.75 Å². The second-order valence-electron chi connectivity index (χ2n) is 10.2. The number of phosphoric acid groups is 1. The second-order valence-corrected chi connectivity index (χ2v) is 14.4. The Balaban J connectivity index is 1.46. The zero-order valence-electron chi connectivity index (χ0n) is 22.6. The number of esters is 1. The summed E-state index contributed by atoms with van der Waals surface area (Å²) in [7, 11) is -8.74. The molecule has 2 saturated heterocycles. The van der Waals surface area contributed by atoms with Crippen LogP contribution in [0.1, 0.15) is 23.6 Å². The van der Waals surface area contributed by atoms with E-state index in [1.54, 1.807) is 91.0 Å². The van der Waals surface area contributed by atoms with Crippen LogP contribution in [0.4, 0.5) is 0 Å². The van der Waals surface area contributed by atoms with Crippen LogP contribution in [0.5, 0.6) is 0 Å². The average Bonchev–Trinajstić information content (AvgIpc) is 2.98. The smallest absolute Gasteiger partial charge is 0.459 e. The lowest BCUT2D eigenvalue weighted by Gasteiger charge is -2.55. The van der Waals surface area contributed by atoms with Crippen LogP contribution in [0, 0.1) is 0 Å². The minimum Gasteiger partial charge on any atom is -0.459 e. The molecule has 10 nitrogen and oxygen atoms in total. The lowest BCUT2D eigenvalue weighted by Crippen LogP contribution is -2.79. The van der Waals surface area contributed by atoms with Gasteiger partial charge < -0.3 is 9.64 Å². The van der Waals surface area contributed by atoms with Crippen molar-refractivity contribution in [1.82, 2.24) is 4.90 Å². The second kappa shape index (κ2) is 12.3. The van der Waals surface area contributed by atoms with E-state index in [2.05, 4.69) is 0 Å². The molecular weight excluding hydrogens is 605 g/mol. The summed E-state index contributed by atoms with van der Waals surface area (Å²) in [5.41, 5.74) is -0.124. The molecule has 2 aliphatic rings. The van der Waals surface area contributed by atoms with Gasteiger partial charge in [0.25, 0.3) is 0 Å². The number of benzene rings is 3. The van der Waals surface area contributed by atoms with Crippen LogP contribution >= 0.6 is 19.4 Å². The van der Waals surface area contributed by atoms with Gasteiger partial charge in [-0.3, -0.25) is 18.4 Å². The summed E-state index contributed by atoms with van der Waals surface area (Å²) in [6.07, 6.45) is 0. The van der Waals surface area contributed by atoms with Crippen molar-refractivity contribution >= 4 is 41.1 Å². The number of β-lactam (4-membered cyclic amide) rings is 1. The van der Waals surface area contributed by atoms with Crippen molar-refractivity contribution in [2.45, 2.75) is 49.1 Å². The summed E-state index contributed by atoms with van der Waals surface area (Å²) in [6.45, 7) is 0.721.